The lowest BCUT2D eigenvalue weighted by molar-refractivity contribution is -0.127. The second kappa shape index (κ2) is 7.94. The van der Waals surface area contributed by atoms with Crippen LogP contribution in [0.25, 0.3) is 6.08 Å². The van der Waals surface area contributed by atoms with Gasteiger partial charge in [0.2, 0.25) is 5.91 Å². The average Bonchev–Trinajstić information content (AvgIpc) is 3.27. The second-order valence-corrected chi connectivity index (χ2v) is 7.20. The van der Waals surface area contributed by atoms with Crippen molar-refractivity contribution in [2.45, 2.75) is 51.1 Å². The molecule has 1 atom stereocenters. The molecule has 1 unspecified atom stereocenters. The van der Waals surface area contributed by atoms with E-state index >= 15 is 0 Å². The van der Waals surface area contributed by atoms with Gasteiger partial charge in [-0.05, 0) is 37.8 Å². The van der Waals surface area contributed by atoms with E-state index < -0.39 is 0 Å². The summed E-state index contributed by atoms with van der Waals surface area (Å²) in [5, 5.41) is 8.89. The molecule has 2 aliphatic rings. The largest absolute Gasteiger partial charge is 0.496 e. The minimum Gasteiger partial charge on any atom is -0.496 e. The molecule has 0 bridgehead atoms. The maximum atomic E-state index is 12.9. The van der Waals surface area contributed by atoms with Gasteiger partial charge in [-0.25, -0.2) is 0 Å². The first-order valence-electron chi connectivity index (χ1n) is 9.81. The van der Waals surface area contributed by atoms with E-state index in [1.54, 1.807) is 13.2 Å². The first-order valence-corrected chi connectivity index (χ1v) is 9.81. The Bertz CT molecular complexity index is 842. The zero-order chi connectivity index (χ0) is 18.6. The van der Waals surface area contributed by atoms with Gasteiger partial charge < -0.3 is 14.2 Å². The number of rotatable bonds is 4. The Morgan fingerprint density at radius 2 is 2.04 bits per heavy atom. The maximum absolute atomic E-state index is 12.9. The Morgan fingerprint density at radius 1 is 1.15 bits per heavy atom. The number of methoxy groups -OCH3 is 1. The van der Waals surface area contributed by atoms with Crippen molar-refractivity contribution in [2.75, 3.05) is 13.7 Å². The minimum absolute atomic E-state index is 0.0226. The van der Waals surface area contributed by atoms with Gasteiger partial charge in [0.1, 0.15) is 11.6 Å². The fraction of sp³-hybridized carbons (Fsp3) is 0.476. The molecule has 1 fully saturated rings. The molecule has 0 aliphatic carbocycles. The zero-order valence-corrected chi connectivity index (χ0v) is 15.8. The van der Waals surface area contributed by atoms with Crippen LogP contribution >= 0.6 is 0 Å². The van der Waals surface area contributed by atoms with Crippen molar-refractivity contribution in [3.8, 4) is 5.75 Å². The summed E-state index contributed by atoms with van der Waals surface area (Å²) >= 11 is 0. The standard InChI is InChI=1S/C21H26N4O2/c1-27-18-10-5-4-8-16(18)12-13-20(26)24-15-7-9-17(24)21-23-22-19-11-3-2-6-14-25(19)21/h4-5,8,10,12-13,17H,2-3,6-7,9,11,14-15H2,1H3/b13-12+. The highest BCUT2D eigenvalue weighted by Gasteiger charge is 2.33. The third-order valence-corrected chi connectivity index (χ3v) is 5.52. The molecule has 4 rings (SSSR count). The topological polar surface area (TPSA) is 60.2 Å². The Hall–Kier alpha value is -2.63. The molecule has 1 amide bonds. The highest BCUT2D eigenvalue weighted by Crippen LogP contribution is 2.32. The quantitative estimate of drug-likeness (QED) is 0.778. The molecule has 2 aliphatic heterocycles. The summed E-state index contributed by atoms with van der Waals surface area (Å²) < 4.78 is 7.62. The van der Waals surface area contributed by atoms with Crippen molar-refractivity contribution < 1.29 is 9.53 Å². The lowest BCUT2D eigenvalue weighted by Gasteiger charge is -2.23. The minimum atomic E-state index is 0.0226. The van der Waals surface area contributed by atoms with E-state index in [2.05, 4.69) is 14.8 Å². The van der Waals surface area contributed by atoms with E-state index in [1.165, 1.54) is 12.8 Å². The average molecular weight is 366 g/mol. The Balaban J connectivity index is 1.54. The number of hydrogen-bond donors (Lipinski definition) is 0. The molecular weight excluding hydrogens is 340 g/mol. The Morgan fingerprint density at radius 3 is 2.93 bits per heavy atom. The number of aromatic nitrogens is 3. The number of fused-ring (bicyclic) bond motifs is 1. The summed E-state index contributed by atoms with van der Waals surface area (Å²) in [6, 6.07) is 7.73. The van der Waals surface area contributed by atoms with Crippen LogP contribution < -0.4 is 4.74 Å². The van der Waals surface area contributed by atoms with Crippen molar-refractivity contribution >= 4 is 12.0 Å². The molecular formula is C21H26N4O2. The summed E-state index contributed by atoms with van der Waals surface area (Å²) in [7, 11) is 1.64. The first kappa shape index (κ1) is 17.8. The molecule has 0 radical (unpaired) electrons. The predicted octanol–water partition coefficient (Wildman–Crippen LogP) is 3.39. The van der Waals surface area contributed by atoms with Gasteiger partial charge in [0, 0.05) is 31.1 Å². The lowest BCUT2D eigenvalue weighted by atomic mass is 10.1. The summed E-state index contributed by atoms with van der Waals surface area (Å²) in [6.45, 7) is 1.73. The van der Waals surface area contributed by atoms with E-state index in [0.717, 1.165) is 61.7 Å². The highest BCUT2D eigenvalue weighted by atomic mass is 16.5. The van der Waals surface area contributed by atoms with Crippen LogP contribution in [0.15, 0.2) is 30.3 Å². The van der Waals surface area contributed by atoms with Gasteiger partial charge in [-0.15, -0.1) is 10.2 Å². The van der Waals surface area contributed by atoms with Gasteiger partial charge in [-0.1, -0.05) is 24.6 Å². The number of carbonyl (C=O) groups is 1. The molecule has 0 spiro atoms. The van der Waals surface area contributed by atoms with Crippen molar-refractivity contribution in [3.63, 3.8) is 0 Å². The summed E-state index contributed by atoms with van der Waals surface area (Å²) in [4.78, 5) is 14.8. The van der Waals surface area contributed by atoms with Crippen LogP contribution in [0, 0.1) is 0 Å². The number of amides is 1. The summed E-state index contributed by atoms with van der Waals surface area (Å²) in [5.74, 6) is 2.83. The van der Waals surface area contributed by atoms with Crippen LogP contribution in [-0.2, 0) is 17.8 Å². The Kier molecular flexibility index (Phi) is 5.23. The number of carbonyl (C=O) groups excluding carboxylic acids is 1. The summed E-state index contributed by atoms with van der Waals surface area (Å²) in [6.07, 6.45) is 9.99. The van der Waals surface area contributed by atoms with Crippen LogP contribution in [0.3, 0.4) is 0 Å². The molecule has 1 aromatic carbocycles. The zero-order valence-electron chi connectivity index (χ0n) is 15.8. The van der Waals surface area contributed by atoms with Crippen molar-refractivity contribution in [1.29, 1.82) is 0 Å². The maximum Gasteiger partial charge on any atom is 0.247 e. The molecule has 6 heteroatoms. The van der Waals surface area contributed by atoms with E-state index in [-0.39, 0.29) is 11.9 Å². The predicted molar refractivity (Wildman–Crippen MR) is 103 cm³/mol. The fourth-order valence-electron chi connectivity index (χ4n) is 4.11. The number of benzene rings is 1. The smallest absolute Gasteiger partial charge is 0.247 e. The third-order valence-electron chi connectivity index (χ3n) is 5.52. The molecule has 3 heterocycles. The molecule has 2 aromatic rings. The number of likely N-dealkylation sites (tertiary alicyclic amines) is 1. The van der Waals surface area contributed by atoms with E-state index in [0.29, 0.717) is 0 Å². The van der Waals surface area contributed by atoms with Crippen LogP contribution in [-0.4, -0.2) is 39.2 Å². The Labute approximate surface area is 159 Å². The van der Waals surface area contributed by atoms with Gasteiger partial charge in [-0.2, -0.15) is 0 Å². The van der Waals surface area contributed by atoms with Crippen molar-refractivity contribution in [2.24, 2.45) is 0 Å². The summed E-state index contributed by atoms with van der Waals surface area (Å²) in [5.41, 5.74) is 0.903. The van der Waals surface area contributed by atoms with Gasteiger partial charge >= 0.3 is 0 Å². The SMILES string of the molecule is COc1ccccc1/C=C/C(=O)N1CCCC1c1nnc2n1CCCCC2. The molecule has 27 heavy (non-hydrogen) atoms. The molecule has 1 aromatic heterocycles. The van der Waals surface area contributed by atoms with Gasteiger partial charge in [0.05, 0.1) is 13.2 Å². The molecule has 142 valence electrons. The highest BCUT2D eigenvalue weighted by molar-refractivity contribution is 5.92. The number of aryl methyl sites for hydroxylation is 1. The van der Waals surface area contributed by atoms with E-state index in [4.69, 9.17) is 4.74 Å². The van der Waals surface area contributed by atoms with Crippen LogP contribution in [0.4, 0.5) is 0 Å². The third kappa shape index (κ3) is 3.61. The molecule has 0 saturated carbocycles. The van der Waals surface area contributed by atoms with Crippen LogP contribution in [0.5, 0.6) is 5.75 Å². The van der Waals surface area contributed by atoms with Crippen LogP contribution in [0.2, 0.25) is 0 Å². The van der Waals surface area contributed by atoms with Crippen molar-refractivity contribution in [3.05, 3.63) is 47.6 Å². The van der Waals surface area contributed by atoms with Crippen molar-refractivity contribution in [1.82, 2.24) is 19.7 Å². The van der Waals surface area contributed by atoms with E-state index in [1.807, 2.05) is 35.2 Å². The second-order valence-electron chi connectivity index (χ2n) is 7.20. The van der Waals surface area contributed by atoms with Gasteiger partial charge in [0.15, 0.2) is 5.82 Å². The molecule has 6 nitrogen and oxygen atoms in total. The van der Waals surface area contributed by atoms with Gasteiger partial charge in [-0.3, -0.25) is 4.79 Å². The normalized spacial score (nSPS) is 19.9. The molecule has 1 saturated heterocycles. The number of para-hydroxylation sites is 1. The number of hydrogen-bond acceptors (Lipinski definition) is 4. The molecule has 0 N–H and O–H groups in total. The van der Waals surface area contributed by atoms with Gasteiger partial charge in [0.25, 0.3) is 0 Å². The van der Waals surface area contributed by atoms with E-state index in [9.17, 15) is 4.79 Å². The monoisotopic (exact) mass is 366 g/mol. The number of nitrogens with zero attached hydrogens (tertiary/aromatic N) is 4. The fourth-order valence-corrected chi connectivity index (χ4v) is 4.11. The number of ether oxygens (including phenoxy) is 1. The van der Waals surface area contributed by atoms with Crippen LogP contribution in [0.1, 0.15) is 55.4 Å². The lowest BCUT2D eigenvalue weighted by Crippen LogP contribution is -2.30. The first-order chi connectivity index (χ1) is 13.3.